The van der Waals surface area contributed by atoms with Gasteiger partial charge in [-0.2, -0.15) is 0 Å². The van der Waals surface area contributed by atoms with E-state index in [2.05, 4.69) is 15.7 Å². The summed E-state index contributed by atoms with van der Waals surface area (Å²) in [4.78, 5) is 21.2. The maximum absolute atomic E-state index is 12.3. The van der Waals surface area contributed by atoms with E-state index in [4.69, 9.17) is 4.98 Å². The Morgan fingerprint density at radius 1 is 1.19 bits per heavy atom. The summed E-state index contributed by atoms with van der Waals surface area (Å²) in [6.07, 6.45) is 13.0. The molecule has 0 saturated heterocycles. The van der Waals surface area contributed by atoms with Crippen molar-refractivity contribution < 1.29 is 4.79 Å². The number of pyridine rings is 1. The van der Waals surface area contributed by atoms with Crippen LogP contribution in [0.1, 0.15) is 56.2 Å². The van der Waals surface area contributed by atoms with Gasteiger partial charge in [-0.15, -0.1) is 11.3 Å². The zero-order valence-corrected chi connectivity index (χ0v) is 15.8. The van der Waals surface area contributed by atoms with E-state index >= 15 is 0 Å². The molecule has 4 saturated carbocycles. The zero-order valence-electron chi connectivity index (χ0n) is 15.0. The number of nitrogens with one attached hydrogen (secondary N) is 1. The van der Waals surface area contributed by atoms with Crippen LogP contribution in [-0.4, -0.2) is 15.9 Å². The van der Waals surface area contributed by atoms with Crippen molar-refractivity contribution in [3.8, 4) is 0 Å². The van der Waals surface area contributed by atoms with Gasteiger partial charge in [0.15, 0.2) is 5.13 Å². The van der Waals surface area contributed by atoms with Crippen molar-refractivity contribution in [1.29, 1.82) is 0 Å². The number of aromatic nitrogens is 2. The highest BCUT2D eigenvalue weighted by molar-refractivity contribution is 7.13. The first-order valence-electron chi connectivity index (χ1n) is 9.83. The average molecular weight is 368 g/mol. The number of amides is 1. The predicted molar refractivity (Wildman–Crippen MR) is 103 cm³/mol. The molecule has 0 atom stereocenters. The lowest BCUT2D eigenvalue weighted by Crippen LogP contribution is -2.48. The van der Waals surface area contributed by atoms with E-state index in [1.807, 2.05) is 18.3 Å². The standard InChI is InChI=1S/C21H25N3OS/c25-19(4-3-14-2-1-5-22-12-14)24-20-23-18(13-26-20)21-9-15-6-16(10-21)8-17(7-15)11-21/h1-2,5,12-13,15-17H,3-4,6-11H2,(H,23,24,25). The van der Waals surface area contributed by atoms with Crippen molar-refractivity contribution in [2.45, 2.75) is 56.8 Å². The van der Waals surface area contributed by atoms with Crippen LogP contribution in [0.5, 0.6) is 0 Å². The van der Waals surface area contributed by atoms with E-state index in [9.17, 15) is 4.79 Å². The SMILES string of the molecule is O=C(CCc1cccnc1)Nc1nc(C23CC4CC(CC(C4)C2)C3)cs1. The molecule has 2 heterocycles. The third-order valence-electron chi connectivity index (χ3n) is 6.70. The lowest BCUT2D eigenvalue weighted by molar-refractivity contribution is -0.116. The number of rotatable bonds is 5. The molecule has 0 spiro atoms. The molecule has 4 aliphatic rings. The highest BCUT2D eigenvalue weighted by Crippen LogP contribution is 2.60. The molecule has 0 radical (unpaired) electrons. The van der Waals surface area contributed by atoms with Crippen molar-refractivity contribution in [2.24, 2.45) is 17.8 Å². The minimum Gasteiger partial charge on any atom is -0.302 e. The summed E-state index contributed by atoms with van der Waals surface area (Å²) in [5.74, 6) is 2.79. The fourth-order valence-corrected chi connectivity index (χ4v) is 6.83. The van der Waals surface area contributed by atoms with Gasteiger partial charge in [-0.3, -0.25) is 9.78 Å². The molecule has 136 valence electrons. The summed E-state index contributed by atoms with van der Waals surface area (Å²) in [7, 11) is 0. The van der Waals surface area contributed by atoms with Crippen LogP contribution in [0.2, 0.25) is 0 Å². The summed E-state index contributed by atoms with van der Waals surface area (Å²) in [5.41, 5.74) is 2.66. The average Bonchev–Trinajstić information content (AvgIpc) is 3.09. The van der Waals surface area contributed by atoms with E-state index in [1.54, 1.807) is 17.5 Å². The Kier molecular flexibility index (Phi) is 4.07. The Hall–Kier alpha value is -1.75. The van der Waals surface area contributed by atoms with Gasteiger partial charge in [0.05, 0.1) is 5.69 Å². The minimum atomic E-state index is 0.0419. The number of nitrogens with zero attached hydrogens (tertiary/aromatic N) is 2. The fraction of sp³-hybridized carbons (Fsp3) is 0.571. The largest absolute Gasteiger partial charge is 0.302 e. The quantitative estimate of drug-likeness (QED) is 0.842. The van der Waals surface area contributed by atoms with Crippen LogP contribution in [0.15, 0.2) is 29.9 Å². The molecule has 1 N–H and O–H groups in total. The van der Waals surface area contributed by atoms with Crippen LogP contribution in [0.4, 0.5) is 5.13 Å². The Morgan fingerprint density at radius 2 is 1.92 bits per heavy atom. The van der Waals surface area contributed by atoms with Crippen LogP contribution in [0.25, 0.3) is 0 Å². The number of hydrogen-bond acceptors (Lipinski definition) is 4. The molecule has 4 fully saturated rings. The molecule has 0 aliphatic heterocycles. The van der Waals surface area contributed by atoms with Gasteiger partial charge in [-0.05, 0) is 74.3 Å². The molecule has 5 heteroatoms. The second kappa shape index (κ2) is 6.45. The Labute approximate surface area is 158 Å². The molecule has 2 aromatic rings. The van der Waals surface area contributed by atoms with Crippen molar-refractivity contribution >= 4 is 22.4 Å². The van der Waals surface area contributed by atoms with Gasteiger partial charge in [0.1, 0.15) is 0 Å². The van der Waals surface area contributed by atoms with Crippen molar-refractivity contribution in [2.75, 3.05) is 5.32 Å². The molecule has 26 heavy (non-hydrogen) atoms. The topological polar surface area (TPSA) is 54.9 Å². The van der Waals surface area contributed by atoms with Crippen LogP contribution in [0.3, 0.4) is 0 Å². The van der Waals surface area contributed by atoms with Gasteiger partial charge in [-0.25, -0.2) is 4.98 Å². The number of hydrogen-bond donors (Lipinski definition) is 1. The lowest BCUT2D eigenvalue weighted by Gasteiger charge is -2.56. The molecule has 1 amide bonds. The summed E-state index contributed by atoms with van der Waals surface area (Å²) in [6, 6.07) is 3.92. The number of anilines is 1. The number of aryl methyl sites for hydroxylation is 1. The third kappa shape index (κ3) is 3.07. The Morgan fingerprint density at radius 3 is 2.58 bits per heavy atom. The molecular weight excluding hydrogens is 342 g/mol. The van der Waals surface area contributed by atoms with Crippen molar-refractivity contribution in [3.63, 3.8) is 0 Å². The molecule has 2 aromatic heterocycles. The maximum atomic E-state index is 12.3. The third-order valence-corrected chi connectivity index (χ3v) is 7.45. The number of carbonyl (C=O) groups is 1. The van der Waals surface area contributed by atoms with Gasteiger partial charge in [0, 0.05) is 29.6 Å². The van der Waals surface area contributed by atoms with Gasteiger partial charge in [0.25, 0.3) is 0 Å². The van der Waals surface area contributed by atoms with Crippen LogP contribution in [0, 0.1) is 17.8 Å². The van der Waals surface area contributed by atoms with Gasteiger partial charge in [-0.1, -0.05) is 6.07 Å². The lowest BCUT2D eigenvalue weighted by atomic mass is 9.49. The summed E-state index contributed by atoms with van der Waals surface area (Å²) in [5, 5.41) is 6.00. The van der Waals surface area contributed by atoms with Gasteiger partial charge in [0.2, 0.25) is 5.91 Å². The predicted octanol–water partition coefficient (Wildman–Crippen LogP) is 4.58. The van der Waals surface area contributed by atoms with Gasteiger partial charge < -0.3 is 5.32 Å². The van der Waals surface area contributed by atoms with Crippen LogP contribution < -0.4 is 5.32 Å². The second-order valence-electron chi connectivity index (χ2n) is 8.65. The van der Waals surface area contributed by atoms with Crippen LogP contribution in [-0.2, 0) is 16.6 Å². The highest BCUT2D eigenvalue weighted by Gasteiger charge is 2.52. The molecule has 4 nitrogen and oxygen atoms in total. The van der Waals surface area contributed by atoms with E-state index in [1.165, 1.54) is 44.2 Å². The highest BCUT2D eigenvalue weighted by atomic mass is 32.1. The molecule has 0 aromatic carbocycles. The first-order valence-corrected chi connectivity index (χ1v) is 10.7. The normalized spacial score (nSPS) is 31.9. The maximum Gasteiger partial charge on any atom is 0.226 e. The van der Waals surface area contributed by atoms with Crippen LogP contribution >= 0.6 is 11.3 Å². The summed E-state index contributed by atoms with van der Waals surface area (Å²) < 4.78 is 0. The zero-order chi connectivity index (χ0) is 17.6. The molecule has 6 rings (SSSR count). The smallest absolute Gasteiger partial charge is 0.226 e. The van der Waals surface area contributed by atoms with E-state index in [0.717, 1.165) is 28.4 Å². The molecule has 0 unspecified atom stereocenters. The first-order chi connectivity index (χ1) is 12.7. The summed E-state index contributed by atoms with van der Waals surface area (Å²) >= 11 is 1.59. The Bertz CT molecular complexity index is 765. The first kappa shape index (κ1) is 16.4. The fourth-order valence-electron chi connectivity index (χ4n) is 5.98. The molecule has 4 bridgehead atoms. The van der Waals surface area contributed by atoms with E-state index < -0.39 is 0 Å². The van der Waals surface area contributed by atoms with E-state index in [0.29, 0.717) is 18.3 Å². The monoisotopic (exact) mass is 367 g/mol. The van der Waals surface area contributed by atoms with Gasteiger partial charge >= 0.3 is 0 Å². The molecular formula is C21H25N3OS. The molecule has 4 aliphatic carbocycles. The summed E-state index contributed by atoms with van der Waals surface area (Å²) in [6.45, 7) is 0. The Balaban J connectivity index is 1.24. The van der Waals surface area contributed by atoms with Crippen molar-refractivity contribution in [1.82, 2.24) is 9.97 Å². The minimum absolute atomic E-state index is 0.0419. The number of thiazole rings is 1. The second-order valence-corrected chi connectivity index (χ2v) is 9.50. The number of carbonyl (C=O) groups excluding carboxylic acids is 1. The van der Waals surface area contributed by atoms with E-state index in [-0.39, 0.29) is 5.91 Å². The van der Waals surface area contributed by atoms with Crippen molar-refractivity contribution in [3.05, 3.63) is 41.2 Å².